The Balaban J connectivity index is 2.17. The SMILES string of the molecule is O=[N+]([O-])c1cc(Br)cnc1NCc1ccccn1. The molecule has 0 aliphatic carbocycles. The molecule has 1 N–H and O–H groups in total. The van der Waals surface area contributed by atoms with Crippen LogP contribution in [0.25, 0.3) is 0 Å². The van der Waals surface area contributed by atoms with Gasteiger partial charge in [-0.15, -0.1) is 0 Å². The third kappa shape index (κ3) is 3.01. The summed E-state index contributed by atoms with van der Waals surface area (Å²) in [7, 11) is 0. The minimum atomic E-state index is -0.474. The largest absolute Gasteiger partial charge is 0.359 e. The number of pyridine rings is 2. The summed E-state index contributed by atoms with van der Waals surface area (Å²) in [4.78, 5) is 18.5. The molecule has 6 nitrogen and oxygen atoms in total. The zero-order valence-corrected chi connectivity index (χ0v) is 10.8. The highest BCUT2D eigenvalue weighted by Crippen LogP contribution is 2.25. The van der Waals surface area contributed by atoms with Gasteiger partial charge in [0.15, 0.2) is 0 Å². The molecule has 2 aromatic heterocycles. The molecule has 92 valence electrons. The standard InChI is InChI=1S/C11H9BrN4O2/c12-8-5-10(16(17)18)11(14-6-8)15-7-9-3-1-2-4-13-9/h1-6H,7H2,(H,14,15). The quantitative estimate of drug-likeness (QED) is 0.694. The van der Waals surface area contributed by atoms with Crippen LogP contribution >= 0.6 is 15.9 Å². The molecule has 0 spiro atoms. The first-order valence-electron chi connectivity index (χ1n) is 5.10. The fourth-order valence-corrected chi connectivity index (χ4v) is 1.70. The third-order valence-electron chi connectivity index (χ3n) is 2.19. The van der Waals surface area contributed by atoms with E-state index in [2.05, 4.69) is 31.2 Å². The van der Waals surface area contributed by atoms with E-state index in [0.717, 1.165) is 5.69 Å². The maximum atomic E-state index is 10.9. The molecule has 0 saturated heterocycles. The van der Waals surface area contributed by atoms with E-state index in [1.54, 1.807) is 6.20 Å². The average molecular weight is 309 g/mol. The molecular weight excluding hydrogens is 300 g/mol. The van der Waals surface area contributed by atoms with Crippen LogP contribution in [0, 0.1) is 10.1 Å². The van der Waals surface area contributed by atoms with Crippen LogP contribution in [-0.4, -0.2) is 14.9 Å². The van der Waals surface area contributed by atoms with Gasteiger partial charge in [0.25, 0.3) is 0 Å². The number of nitro groups is 1. The van der Waals surface area contributed by atoms with E-state index in [9.17, 15) is 10.1 Å². The summed E-state index contributed by atoms with van der Waals surface area (Å²) in [6.45, 7) is 0.385. The van der Waals surface area contributed by atoms with Crippen molar-refractivity contribution in [1.29, 1.82) is 0 Å². The lowest BCUT2D eigenvalue weighted by Gasteiger charge is -2.05. The van der Waals surface area contributed by atoms with Crippen LogP contribution in [0.1, 0.15) is 5.69 Å². The molecule has 0 unspecified atom stereocenters. The maximum Gasteiger partial charge on any atom is 0.312 e. The van der Waals surface area contributed by atoms with E-state index in [1.165, 1.54) is 12.3 Å². The van der Waals surface area contributed by atoms with Crippen LogP contribution in [0.4, 0.5) is 11.5 Å². The van der Waals surface area contributed by atoms with Gasteiger partial charge in [0, 0.05) is 22.9 Å². The molecule has 0 amide bonds. The molecular formula is C11H9BrN4O2. The minimum absolute atomic E-state index is 0.0692. The zero-order chi connectivity index (χ0) is 13.0. The van der Waals surface area contributed by atoms with Crippen LogP contribution in [-0.2, 0) is 6.54 Å². The van der Waals surface area contributed by atoms with Crippen LogP contribution in [0.5, 0.6) is 0 Å². The van der Waals surface area contributed by atoms with Gasteiger partial charge in [-0.2, -0.15) is 0 Å². The van der Waals surface area contributed by atoms with Crippen molar-refractivity contribution >= 4 is 27.4 Å². The van der Waals surface area contributed by atoms with Gasteiger partial charge in [0.2, 0.25) is 5.82 Å². The fourth-order valence-electron chi connectivity index (χ4n) is 1.38. The maximum absolute atomic E-state index is 10.9. The van der Waals surface area contributed by atoms with Crippen molar-refractivity contribution in [2.45, 2.75) is 6.54 Å². The molecule has 0 aliphatic heterocycles. The highest BCUT2D eigenvalue weighted by Gasteiger charge is 2.15. The van der Waals surface area contributed by atoms with Gasteiger partial charge in [0.05, 0.1) is 17.2 Å². The fraction of sp³-hybridized carbons (Fsp3) is 0.0909. The number of nitrogens with one attached hydrogen (secondary N) is 1. The molecule has 0 radical (unpaired) electrons. The van der Waals surface area contributed by atoms with Crippen LogP contribution in [0.2, 0.25) is 0 Å². The molecule has 0 fully saturated rings. The van der Waals surface area contributed by atoms with Crippen molar-refractivity contribution in [2.24, 2.45) is 0 Å². The summed E-state index contributed by atoms with van der Waals surface area (Å²) in [6.07, 6.45) is 3.17. The Morgan fingerprint density at radius 2 is 2.22 bits per heavy atom. The minimum Gasteiger partial charge on any atom is -0.359 e. The molecule has 2 heterocycles. The first kappa shape index (κ1) is 12.4. The Bertz CT molecular complexity index is 562. The summed E-state index contributed by atoms with van der Waals surface area (Å²) in [5, 5.41) is 13.8. The monoisotopic (exact) mass is 308 g/mol. The van der Waals surface area contributed by atoms with Gasteiger partial charge < -0.3 is 5.32 Å². The lowest BCUT2D eigenvalue weighted by molar-refractivity contribution is -0.384. The summed E-state index contributed by atoms with van der Waals surface area (Å²) >= 11 is 3.15. The van der Waals surface area contributed by atoms with Crippen molar-refractivity contribution < 1.29 is 4.92 Å². The lowest BCUT2D eigenvalue weighted by Crippen LogP contribution is -2.05. The Labute approximate surface area is 111 Å². The summed E-state index contributed by atoms with van der Waals surface area (Å²) in [5.74, 6) is 0.230. The predicted molar refractivity (Wildman–Crippen MR) is 70.2 cm³/mol. The Hall–Kier alpha value is -2.02. The van der Waals surface area contributed by atoms with Crippen molar-refractivity contribution in [3.63, 3.8) is 0 Å². The second kappa shape index (κ2) is 5.54. The van der Waals surface area contributed by atoms with Crippen LogP contribution < -0.4 is 5.32 Å². The predicted octanol–water partition coefficient (Wildman–Crippen LogP) is 2.76. The van der Waals surface area contributed by atoms with Crippen LogP contribution in [0.15, 0.2) is 41.1 Å². The Morgan fingerprint density at radius 1 is 1.39 bits per heavy atom. The van der Waals surface area contributed by atoms with Gasteiger partial charge in [0.1, 0.15) is 0 Å². The van der Waals surface area contributed by atoms with Crippen LogP contribution in [0.3, 0.4) is 0 Å². The summed E-state index contributed by atoms with van der Waals surface area (Å²) in [6, 6.07) is 6.91. The first-order valence-corrected chi connectivity index (χ1v) is 5.90. The smallest absolute Gasteiger partial charge is 0.312 e. The van der Waals surface area contributed by atoms with Gasteiger partial charge >= 0.3 is 5.69 Å². The summed E-state index contributed by atoms with van der Waals surface area (Å²) in [5.41, 5.74) is 0.719. The van der Waals surface area contributed by atoms with E-state index in [0.29, 0.717) is 11.0 Å². The van der Waals surface area contributed by atoms with Crippen molar-refractivity contribution in [2.75, 3.05) is 5.32 Å². The van der Waals surface area contributed by atoms with Gasteiger partial charge in [-0.3, -0.25) is 15.1 Å². The third-order valence-corrected chi connectivity index (χ3v) is 2.63. The van der Waals surface area contributed by atoms with Crippen molar-refractivity contribution in [3.05, 3.63) is 56.9 Å². The van der Waals surface area contributed by atoms with Crippen molar-refractivity contribution in [3.8, 4) is 0 Å². The number of rotatable bonds is 4. The first-order chi connectivity index (χ1) is 8.66. The molecule has 0 aliphatic rings. The molecule has 0 aromatic carbocycles. The number of halogens is 1. The van der Waals surface area contributed by atoms with Gasteiger partial charge in [-0.05, 0) is 28.1 Å². The highest BCUT2D eigenvalue weighted by atomic mass is 79.9. The van der Waals surface area contributed by atoms with E-state index in [1.807, 2.05) is 18.2 Å². The van der Waals surface area contributed by atoms with Crippen molar-refractivity contribution in [1.82, 2.24) is 9.97 Å². The molecule has 2 rings (SSSR count). The highest BCUT2D eigenvalue weighted by molar-refractivity contribution is 9.10. The molecule has 0 bridgehead atoms. The molecule has 0 saturated carbocycles. The zero-order valence-electron chi connectivity index (χ0n) is 9.21. The number of hydrogen-bond donors (Lipinski definition) is 1. The van der Waals surface area contributed by atoms with E-state index in [-0.39, 0.29) is 11.5 Å². The molecule has 18 heavy (non-hydrogen) atoms. The normalized spacial score (nSPS) is 10.1. The second-order valence-electron chi connectivity index (χ2n) is 3.45. The van der Waals surface area contributed by atoms with E-state index < -0.39 is 4.92 Å². The lowest BCUT2D eigenvalue weighted by atomic mass is 10.3. The van der Waals surface area contributed by atoms with E-state index >= 15 is 0 Å². The molecule has 0 atom stereocenters. The number of hydrogen-bond acceptors (Lipinski definition) is 5. The topological polar surface area (TPSA) is 81.0 Å². The Morgan fingerprint density at radius 3 is 2.89 bits per heavy atom. The van der Waals surface area contributed by atoms with Gasteiger partial charge in [-0.25, -0.2) is 4.98 Å². The number of nitrogens with zero attached hydrogens (tertiary/aromatic N) is 3. The molecule has 2 aromatic rings. The molecule has 7 heteroatoms. The Kier molecular flexibility index (Phi) is 3.83. The average Bonchev–Trinajstić information content (AvgIpc) is 2.38. The second-order valence-corrected chi connectivity index (χ2v) is 4.37. The van der Waals surface area contributed by atoms with Gasteiger partial charge in [-0.1, -0.05) is 6.07 Å². The summed E-state index contributed by atoms with van der Waals surface area (Å²) < 4.78 is 0.567. The van der Waals surface area contributed by atoms with E-state index in [4.69, 9.17) is 0 Å². The number of anilines is 1. The number of aromatic nitrogens is 2.